The lowest BCUT2D eigenvalue weighted by atomic mass is 10.1. The number of amides is 1. The zero-order chi connectivity index (χ0) is 17.1. The molecule has 2 heterocycles. The lowest BCUT2D eigenvalue weighted by Gasteiger charge is -2.13. The Morgan fingerprint density at radius 1 is 1.12 bits per heavy atom. The van der Waals surface area contributed by atoms with E-state index in [1.165, 1.54) is 16.0 Å². The van der Waals surface area contributed by atoms with Crippen LogP contribution >= 0.6 is 34.9 Å². The van der Waals surface area contributed by atoms with Crippen molar-refractivity contribution in [3.05, 3.63) is 76.5 Å². The zero-order valence-electron chi connectivity index (χ0n) is 13.5. The summed E-state index contributed by atoms with van der Waals surface area (Å²) in [5.74, 6) is 1.00. The number of rotatable bonds is 5. The number of thiophene rings is 1. The molecule has 126 valence electrons. The lowest BCUT2D eigenvalue weighted by Crippen LogP contribution is -2.24. The SMILES string of the molecule is O=C(Nc1ccccc1SCc1ccsc1)C1Cc2ccccc2S1. The summed E-state index contributed by atoms with van der Waals surface area (Å²) in [6.07, 6.45) is 0.802. The van der Waals surface area contributed by atoms with E-state index in [0.717, 1.165) is 22.8 Å². The van der Waals surface area contributed by atoms with Gasteiger partial charge < -0.3 is 5.32 Å². The number of benzene rings is 2. The Balaban J connectivity index is 1.43. The Labute approximate surface area is 160 Å². The normalized spacial score (nSPS) is 15.8. The van der Waals surface area contributed by atoms with Crippen LogP contribution in [0.25, 0.3) is 0 Å². The number of nitrogens with one attached hydrogen (secondary N) is 1. The molecule has 1 aliphatic heterocycles. The van der Waals surface area contributed by atoms with Gasteiger partial charge in [0.25, 0.3) is 0 Å². The molecule has 1 aliphatic rings. The monoisotopic (exact) mass is 383 g/mol. The topological polar surface area (TPSA) is 29.1 Å². The molecule has 0 bridgehead atoms. The van der Waals surface area contributed by atoms with Gasteiger partial charge in [-0.2, -0.15) is 11.3 Å². The first-order valence-corrected chi connectivity index (χ1v) is 10.9. The fraction of sp³-hybridized carbons (Fsp3) is 0.150. The van der Waals surface area contributed by atoms with Gasteiger partial charge in [0, 0.05) is 15.5 Å². The van der Waals surface area contributed by atoms with Crippen molar-refractivity contribution in [3.8, 4) is 0 Å². The molecule has 2 aromatic carbocycles. The third-order valence-electron chi connectivity index (χ3n) is 4.06. The van der Waals surface area contributed by atoms with Crippen molar-refractivity contribution in [1.82, 2.24) is 0 Å². The van der Waals surface area contributed by atoms with E-state index in [4.69, 9.17) is 0 Å². The number of para-hydroxylation sites is 1. The molecule has 4 rings (SSSR count). The Morgan fingerprint density at radius 2 is 1.96 bits per heavy atom. The summed E-state index contributed by atoms with van der Waals surface area (Å²) in [5, 5.41) is 7.35. The van der Waals surface area contributed by atoms with Crippen molar-refractivity contribution in [2.24, 2.45) is 0 Å². The van der Waals surface area contributed by atoms with Gasteiger partial charge in [0.15, 0.2) is 0 Å². The smallest absolute Gasteiger partial charge is 0.238 e. The van der Waals surface area contributed by atoms with Crippen LogP contribution in [0.15, 0.2) is 75.1 Å². The van der Waals surface area contributed by atoms with E-state index in [2.05, 4.69) is 40.3 Å². The lowest BCUT2D eigenvalue weighted by molar-refractivity contribution is -0.115. The highest BCUT2D eigenvalue weighted by molar-refractivity contribution is 8.01. The molecule has 0 saturated carbocycles. The maximum absolute atomic E-state index is 12.7. The molecule has 1 N–H and O–H groups in total. The van der Waals surface area contributed by atoms with Gasteiger partial charge >= 0.3 is 0 Å². The molecular weight excluding hydrogens is 366 g/mol. The predicted molar refractivity (Wildman–Crippen MR) is 109 cm³/mol. The van der Waals surface area contributed by atoms with Crippen LogP contribution < -0.4 is 5.32 Å². The summed E-state index contributed by atoms with van der Waals surface area (Å²) >= 11 is 5.14. The number of fused-ring (bicyclic) bond motifs is 1. The summed E-state index contributed by atoms with van der Waals surface area (Å²) < 4.78 is 0. The molecule has 1 amide bonds. The minimum absolute atomic E-state index is 0.0488. The molecule has 1 aromatic heterocycles. The van der Waals surface area contributed by atoms with Crippen molar-refractivity contribution in [2.45, 2.75) is 27.2 Å². The second-order valence-corrected chi connectivity index (χ2v) is 8.87. The van der Waals surface area contributed by atoms with Crippen LogP contribution in [0.3, 0.4) is 0 Å². The Kier molecular flexibility index (Phi) is 5.15. The molecular formula is C20H17NOS3. The van der Waals surface area contributed by atoms with Gasteiger partial charge in [-0.3, -0.25) is 4.79 Å². The van der Waals surface area contributed by atoms with Crippen molar-refractivity contribution in [3.63, 3.8) is 0 Å². The van der Waals surface area contributed by atoms with Gasteiger partial charge in [-0.15, -0.1) is 23.5 Å². The van der Waals surface area contributed by atoms with Gasteiger partial charge in [0.2, 0.25) is 5.91 Å². The first-order valence-electron chi connectivity index (χ1n) is 8.08. The maximum atomic E-state index is 12.7. The summed E-state index contributed by atoms with van der Waals surface area (Å²) in [4.78, 5) is 15.1. The second-order valence-electron chi connectivity index (χ2n) is 5.82. The van der Waals surface area contributed by atoms with Gasteiger partial charge in [-0.25, -0.2) is 0 Å². The van der Waals surface area contributed by atoms with Crippen LogP contribution in [0.4, 0.5) is 5.69 Å². The van der Waals surface area contributed by atoms with Gasteiger partial charge in [0.1, 0.15) is 0 Å². The quantitative estimate of drug-likeness (QED) is 0.573. The van der Waals surface area contributed by atoms with Crippen LogP contribution in [0.1, 0.15) is 11.1 Å². The third-order valence-corrected chi connectivity index (χ3v) is 7.25. The Hall–Kier alpha value is -1.69. The summed E-state index contributed by atoms with van der Waals surface area (Å²) in [6.45, 7) is 0. The molecule has 0 fully saturated rings. The molecule has 2 nitrogen and oxygen atoms in total. The highest BCUT2D eigenvalue weighted by Crippen LogP contribution is 2.38. The average molecular weight is 384 g/mol. The number of hydrogen-bond donors (Lipinski definition) is 1. The van der Waals surface area contributed by atoms with Gasteiger partial charge in [-0.05, 0) is 52.6 Å². The second kappa shape index (κ2) is 7.68. The average Bonchev–Trinajstić information content (AvgIpc) is 3.30. The molecule has 3 aromatic rings. The molecule has 0 spiro atoms. The number of hydrogen-bond acceptors (Lipinski definition) is 4. The fourth-order valence-corrected chi connectivity index (χ4v) is 5.69. The predicted octanol–water partition coefficient (Wildman–Crippen LogP) is 5.70. The maximum Gasteiger partial charge on any atom is 0.238 e. The number of thioether (sulfide) groups is 2. The van der Waals surface area contributed by atoms with Crippen molar-refractivity contribution < 1.29 is 4.79 Å². The van der Waals surface area contributed by atoms with E-state index in [-0.39, 0.29) is 11.2 Å². The van der Waals surface area contributed by atoms with E-state index in [0.29, 0.717) is 0 Å². The highest BCUT2D eigenvalue weighted by Gasteiger charge is 2.28. The largest absolute Gasteiger partial charge is 0.324 e. The standard InChI is InChI=1S/C20H17NOS3/c22-20(19-11-15-5-1-3-7-17(15)25-19)21-16-6-2-4-8-18(16)24-13-14-9-10-23-12-14/h1-10,12,19H,11,13H2,(H,21,22). The molecule has 1 atom stereocenters. The summed E-state index contributed by atoms with van der Waals surface area (Å²) in [7, 11) is 0. The van der Waals surface area contributed by atoms with Gasteiger partial charge in [-0.1, -0.05) is 30.3 Å². The van der Waals surface area contributed by atoms with E-state index in [1.54, 1.807) is 34.9 Å². The van der Waals surface area contributed by atoms with E-state index < -0.39 is 0 Å². The van der Waals surface area contributed by atoms with Crippen LogP contribution in [-0.4, -0.2) is 11.2 Å². The summed E-state index contributed by atoms with van der Waals surface area (Å²) in [6, 6.07) is 18.5. The van der Waals surface area contributed by atoms with E-state index >= 15 is 0 Å². The Morgan fingerprint density at radius 3 is 2.80 bits per heavy atom. The van der Waals surface area contributed by atoms with Crippen LogP contribution in [0, 0.1) is 0 Å². The molecule has 0 saturated heterocycles. The molecule has 0 aliphatic carbocycles. The van der Waals surface area contributed by atoms with Crippen molar-refractivity contribution in [1.29, 1.82) is 0 Å². The zero-order valence-corrected chi connectivity index (χ0v) is 15.9. The number of carbonyl (C=O) groups excluding carboxylic acids is 1. The van der Waals surface area contributed by atoms with Crippen molar-refractivity contribution >= 4 is 46.5 Å². The molecule has 0 radical (unpaired) electrons. The van der Waals surface area contributed by atoms with Crippen molar-refractivity contribution in [2.75, 3.05) is 5.32 Å². The first-order chi connectivity index (χ1) is 12.3. The van der Waals surface area contributed by atoms with E-state index in [1.807, 2.05) is 30.3 Å². The van der Waals surface area contributed by atoms with Crippen LogP contribution in [0.5, 0.6) is 0 Å². The third kappa shape index (κ3) is 3.94. The molecule has 5 heteroatoms. The van der Waals surface area contributed by atoms with Gasteiger partial charge in [0.05, 0.1) is 10.9 Å². The first kappa shape index (κ1) is 16.8. The Bertz CT molecular complexity index is 851. The van der Waals surface area contributed by atoms with E-state index in [9.17, 15) is 4.79 Å². The minimum atomic E-state index is -0.0488. The minimum Gasteiger partial charge on any atom is -0.324 e. The fourth-order valence-electron chi connectivity index (χ4n) is 2.77. The van der Waals surface area contributed by atoms with Crippen LogP contribution in [0.2, 0.25) is 0 Å². The molecule has 25 heavy (non-hydrogen) atoms. The number of anilines is 1. The highest BCUT2D eigenvalue weighted by atomic mass is 32.2. The molecule has 1 unspecified atom stereocenters. The number of carbonyl (C=O) groups is 1. The summed E-state index contributed by atoms with van der Waals surface area (Å²) in [5.41, 5.74) is 3.50. The van der Waals surface area contributed by atoms with Crippen LogP contribution in [-0.2, 0) is 17.0 Å².